The first kappa shape index (κ1) is 13.9. The number of benzene rings is 1. The second-order valence-corrected chi connectivity index (χ2v) is 5.37. The van der Waals surface area contributed by atoms with Gasteiger partial charge in [0, 0.05) is 13.1 Å². The largest absolute Gasteiger partial charge is 0.491 e. The summed E-state index contributed by atoms with van der Waals surface area (Å²) >= 11 is 0. The maximum atomic E-state index is 10.9. The first-order valence-electron chi connectivity index (χ1n) is 6.75. The smallest absolute Gasteiger partial charge is 0.307 e. The highest BCUT2D eigenvalue weighted by molar-refractivity contribution is 5.70. The van der Waals surface area contributed by atoms with Gasteiger partial charge in [-0.1, -0.05) is 12.1 Å². The maximum Gasteiger partial charge on any atom is 0.307 e. The van der Waals surface area contributed by atoms with Gasteiger partial charge in [-0.15, -0.1) is 0 Å². The fourth-order valence-electron chi connectivity index (χ4n) is 2.38. The van der Waals surface area contributed by atoms with Crippen molar-refractivity contribution in [1.82, 2.24) is 4.90 Å². The predicted octanol–water partition coefficient (Wildman–Crippen LogP) is 2.38. The van der Waals surface area contributed by atoms with Crippen LogP contribution in [0, 0.1) is 5.92 Å². The van der Waals surface area contributed by atoms with Crippen LogP contribution < -0.4 is 4.74 Å². The molecule has 0 bridgehead atoms. The molecule has 1 atom stereocenters. The van der Waals surface area contributed by atoms with E-state index in [0.717, 1.165) is 25.3 Å². The number of hydrogen-bond donors (Lipinski definition) is 1. The van der Waals surface area contributed by atoms with Crippen molar-refractivity contribution >= 4 is 5.97 Å². The molecule has 0 spiro atoms. The van der Waals surface area contributed by atoms with Gasteiger partial charge in [0.15, 0.2) is 0 Å². The number of rotatable bonds is 5. The molecule has 1 fully saturated rings. The van der Waals surface area contributed by atoms with Crippen molar-refractivity contribution in [1.29, 1.82) is 0 Å². The molecule has 104 valence electrons. The van der Waals surface area contributed by atoms with Crippen LogP contribution in [0.1, 0.15) is 25.8 Å². The Morgan fingerprint density at radius 3 is 2.63 bits per heavy atom. The van der Waals surface area contributed by atoms with Crippen LogP contribution in [-0.2, 0) is 11.3 Å². The molecule has 19 heavy (non-hydrogen) atoms. The minimum atomic E-state index is -0.678. The Bertz CT molecular complexity index is 428. The molecule has 2 rings (SSSR count). The summed E-state index contributed by atoms with van der Waals surface area (Å²) in [6.45, 7) is 6.33. The average molecular weight is 263 g/mol. The lowest BCUT2D eigenvalue weighted by Gasteiger charge is -2.16. The van der Waals surface area contributed by atoms with Crippen molar-refractivity contribution in [2.45, 2.75) is 32.9 Å². The van der Waals surface area contributed by atoms with Crippen molar-refractivity contribution in [2.75, 3.05) is 13.1 Å². The highest BCUT2D eigenvalue weighted by atomic mass is 16.5. The first-order valence-corrected chi connectivity index (χ1v) is 6.75. The van der Waals surface area contributed by atoms with Gasteiger partial charge in [0.1, 0.15) is 5.75 Å². The highest BCUT2D eigenvalue weighted by Gasteiger charge is 2.27. The Balaban J connectivity index is 1.88. The molecule has 1 saturated heterocycles. The zero-order chi connectivity index (χ0) is 13.8. The van der Waals surface area contributed by atoms with Crippen LogP contribution in [0.15, 0.2) is 24.3 Å². The second-order valence-electron chi connectivity index (χ2n) is 5.37. The Morgan fingerprint density at radius 2 is 2.11 bits per heavy atom. The van der Waals surface area contributed by atoms with E-state index in [4.69, 9.17) is 9.84 Å². The summed E-state index contributed by atoms with van der Waals surface area (Å²) in [4.78, 5) is 13.1. The molecule has 4 heteroatoms. The van der Waals surface area contributed by atoms with Crippen LogP contribution in [0.25, 0.3) is 0 Å². The topological polar surface area (TPSA) is 49.8 Å². The molecule has 1 heterocycles. The molecule has 1 aromatic carbocycles. The van der Waals surface area contributed by atoms with Crippen LogP contribution in [0.3, 0.4) is 0 Å². The number of nitrogens with zero attached hydrogens (tertiary/aromatic N) is 1. The Hall–Kier alpha value is -1.55. The molecular weight excluding hydrogens is 242 g/mol. The van der Waals surface area contributed by atoms with Gasteiger partial charge in [0.25, 0.3) is 0 Å². The molecule has 0 aromatic heterocycles. The van der Waals surface area contributed by atoms with Crippen LogP contribution >= 0.6 is 0 Å². The van der Waals surface area contributed by atoms with Crippen molar-refractivity contribution in [3.63, 3.8) is 0 Å². The average Bonchev–Trinajstić information content (AvgIpc) is 2.80. The van der Waals surface area contributed by atoms with Gasteiger partial charge in [-0.25, -0.2) is 0 Å². The summed E-state index contributed by atoms with van der Waals surface area (Å²) in [6, 6.07) is 8.04. The van der Waals surface area contributed by atoms with Crippen molar-refractivity contribution < 1.29 is 14.6 Å². The first-order chi connectivity index (χ1) is 9.04. The molecule has 0 aliphatic carbocycles. The van der Waals surface area contributed by atoms with E-state index in [9.17, 15) is 4.79 Å². The third-order valence-electron chi connectivity index (χ3n) is 3.32. The maximum absolute atomic E-state index is 10.9. The monoisotopic (exact) mass is 263 g/mol. The Morgan fingerprint density at radius 1 is 1.42 bits per heavy atom. The number of likely N-dealkylation sites (tertiary alicyclic amines) is 1. The van der Waals surface area contributed by atoms with Gasteiger partial charge in [-0.05, 0) is 44.5 Å². The van der Waals surface area contributed by atoms with Gasteiger partial charge >= 0.3 is 5.97 Å². The van der Waals surface area contributed by atoms with E-state index in [1.54, 1.807) is 0 Å². The fraction of sp³-hybridized carbons (Fsp3) is 0.533. The van der Waals surface area contributed by atoms with E-state index in [1.165, 1.54) is 5.56 Å². The van der Waals surface area contributed by atoms with Gasteiger partial charge in [-0.2, -0.15) is 0 Å². The van der Waals surface area contributed by atoms with Gasteiger partial charge in [-0.3, -0.25) is 9.69 Å². The van der Waals surface area contributed by atoms with Gasteiger partial charge < -0.3 is 9.84 Å². The third kappa shape index (κ3) is 3.96. The van der Waals surface area contributed by atoms with Crippen LogP contribution in [0.4, 0.5) is 0 Å². The van der Waals surface area contributed by atoms with E-state index in [2.05, 4.69) is 4.90 Å². The fourth-order valence-corrected chi connectivity index (χ4v) is 2.38. The molecule has 1 aromatic rings. The molecule has 1 unspecified atom stereocenters. The standard InChI is InChI=1S/C15H21NO3/c1-11(2)19-14-5-3-12(4-6-14)9-16-8-7-13(10-16)15(17)18/h3-6,11,13H,7-10H2,1-2H3,(H,17,18). The summed E-state index contributed by atoms with van der Waals surface area (Å²) in [5, 5.41) is 8.97. The molecule has 0 saturated carbocycles. The van der Waals surface area contributed by atoms with Gasteiger partial charge in [0.05, 0.1) is 12.0 Å². The number of aliphatic carboxylic acids is 1. The molecule has 0 amide bonds. The number of hydrogen-bond acceptors (Lipinski definition) is 3. The van der Waals surface area contributed by atoms with Crippen LogP contribution in [0.2, 0.25) is 0 Å². The van der Waals surface area contributed by atoms with Crippen molar-refractivity contribution in [3.05, 3.63) is 29.8 Å². The third-order valence-corrected chi connectivity index (χ3v) is 3.32. The minimum Gasteiger partial charge on any atom is -0.491 e. The molecule has 1 aliphatic heterocycles. The number of ether oxygens (including phenoxy) is 1. The molecular formula is C15H21NO3. The Kier molecular flexibility index (Phi) is 4.43. The number of carbonyl (C=O) groups is 1. The van der Waals surface area contributed by atoms with Crippen molar-refractivity contribution in [3.8, 4) is 5.75 Å². The van der Waals surface area contributed by atoms with E-state index in [0.29, 0.717) is 6.54 Å². The lowest BCUT2D eigenvalue weighted by Crippen LogP contribution is -2.22. The minimum absolute atomic E-state index is 0.181. The SMILES string of the molecule is CC(C)Oc1ccc(CN2CCC(C(=O)O)C2)cc1. The van der Waals surface area contributed by atoms with E-state index >= 15 is 0 Å². The molecule has 0 radical (unpaired) electrons. The second kappa shape index (κ2) is 6.06. The zero-order valence-electron chi connectivity index (χ0n) is 11.5. The highest BCUT2D eigenvalue weighted by Crippen LogP contribution is 2.20. The predicted molar refractivity (Wildman–Crippen MR) is 73.2 cm³/mol. The van der Waals surface area contributed by atoms with E-state index in [-0.39, 0.29) is 12.0 Å². The Labute approximate surface area is 114 Å². The zero-order valence-corrected chi connectivity index (χ0v) is 11.5. The summed E-state index contributed by atoms with van der Waals surface area (Å²) < 4.78 is 5.60. The number of carboxylic acids is 1. The lowest BCUT2D eigenvalue weighted by atomic mass is 10.1. The summed E-state index contributed by atoms with van der Waals surface area (Å²) in [5.74, 6) is -0.00434. The summed E-state index contributed by atoms with van der Waals surface area (Å²) in [7, 11) is 0. The van der Waals surface area contributed by atoms with Crippen LogP contribution in [-0.4, -0.2) is 35.2 Å². The summed E-state index contributed by atoms with van der Waals surface area (Å²) in [5.41, 5.74) is 1.20. The summed E-state index contributed by atoms with van der Waals surface area (Å²) in [6.07, 6.45) is 0.935. The molecule has 1 N–H and O–H groups in total. The normalized spacial score (nSPS) is 19.8. The van der Waals surface area contributed by atoms with E-state index in [1.807, 2.05) is 38.1 Å². The number of carboxylic acid groups (broad SMARTS) is 1. The van der Waals surface area contributed by atoms with Gasteiger partial charge in [0.2, 0.25) is 0 Å². The van der Waals surface area contributed by atoms with E-state index < -0.39 is 5.97 Å². The lowest BCUT2D eigenvalue weighted by molar-refractivity contribution is -0.141. The quantitative estimate of drug-likeness (QED) is 0.886. The molecule has 4 nitrogen and oxygen atoms in total. The molecule has 1 aliphatic rings. The van der Waals surface area contributed by atoms with Crippen molar-refractivity contribution in [2.24, 2.45) is 5.92 Å². The van der Waals surface area contributed by atoms with Crippen LogP contribution in [0.5, 0.6) is 5.75 Å².